The summed E-state index contributed by atoms with van der Waals surface area (Å²) in [7, 11) is 0. The number of hydrogen-bond acceptors (Lipinski definition) is 2. The molecule has 0 spiro atoms. The third-order valence-corrected chi connectivity index (χ3v) is 21.3. The quantitative estimate of drug-likeness (QED) is 0.130. The van der Waals surface area contributed by atoms with Gasteiger partial charge in [0.15, 0.2) is 5.82 Å². The van der Waals surface area contributed by atoms with Gasteiger partial charge in [0.1, 0.15) is 0 Å². The summed E-state index contributed by atoms with van der Waals surface area (Å²) in [4.78, 5) is 11.3. The molecule has 0 fully saturated rings. The predicted octanol–water partition coefficient (Wildman–Crippen LogP) is 25.7. The fraction of sp³-hybridized carbons (Fsp3) is 0. The lowest BCUT2D eigenvalue weighted by atomic mass is 9.92. The summed E-state index contributed by atoms with van der Waals surface area (Å²) in [6.45, 7) is 0. The van der Waals surface area contributed by atoms with Crippen LogP contribution in [0, 0.1) is 0 Å². The number of nitrogens with zero attached hydrogens (tertiary/aromatic N) is 6. The molecule has 0 atom stereocenters. The third kappa shape index (κ3) is 9.65. The Hall–Kier alpha value is -13.9. The fourth-order valence-electron chi connectivity index (χ4n) is 16.5. The summed E-state index contributed by atoms with van der Waals surface area (Å²) in [5, 5.41) is 10.5. The molecule has 0 saturated heterocycles. The number of aromatic nitrogens is 6. The first-order valence-electron chi connectivity index (χ1n) is 35.6. The summed E-state index contributed by atoms with van der Waals surface area (Å²) in [6, 6.07) is 137. The van der Waals surface area contributed by atoms with E-state index >= 15 is 0 Å². The number of hydrogen-bond donors (Lipinski definition) is 0. The van der Waals surface area contributed by atoms with Crippen LogP contribution in [0.5, 0.6) is 0 Å². The Morgan fingerprint density at radius 3 is 0.865 bits per heavy atom. The average Bonchev–Trinajstić information content (AvgIpc) is 1.59. The third-order valence-electron chi connectivity index (χ3n) is 21.3. The number of fused-ring (bicyclic) bond motifs is 13. The zero-order valence-electron chi connectivity index (χ0n) is 56.5. The Bertz CT molecular complexity index is 6670. The summed E-state index contributed by atoms with van der Waals surface area (Å²) in [5.74, 6) is 0.628. The van der Waals surface area contributed by atoms with Crippen LogP contribution >= 0.6 is 0 Å². The molecule has 21 rings (SSSR count). The minimum Gasteiger partial charge on any atom is -0.309 e. The second kappa shape index (κ2) is 23.9. The van der Waals surface area contributed by atoms with Gasteiger partial charge in [0, 0.05) is 82.4 Å². The van der Waals surface area contributed by atoms with Crippen molar-refractivity contribution in [3.8, 4) is 101 Å². The van der Waals surface area contributed by atoms with Crippen LogP contribution in [0.4, 0.5) is 0 Å². The summed E-state index contributed by atoms with van der Waals surface area (Å²) < 4.78 is 9.67. The highest BCUT2D eigenvalue weighted by Gasteiger charge is 2.23. The number of para-hydroxylation sites is 7. The Morgan fingerprint density at radius 2 is 0.452 bits per heavy atom. The van der Waals surface area contributed by atoms with Gasteiger partial charge in [-0.2, -0.15) is 0 Å². The van der Waals surface area contributed by atoms with E-state index in [4.69, 9.17) is 9.97 Å². The van der Waals surface area contributed by atoms with Gasteiger partial charge in [0.05, 0.1) is 55.3 Å². The first-order valence-corrected chi connectivity index (χ1v) is 35.6. The van der Waals surface area contributed by atoms with Crippen LogP contribution in [0.25, 0.3) is 199 Å². The number of benzene rings is 16. The van der Waals surface area contributed by atoms with Crippen LogP contribution < -0.4 is 0 Å². The maximum atomic E-state index is 5.78. The molecular formula is C98H62N6. The van der Waals surface area contributed by atoms with Crippen LogP contribution in [0.1, 0.15) is 0 Å². The molecule has 484 valence electrons. The van der Waals surface area contributed by atoms with E-state index in [0.29, 0.717) is 5.82 Å². The molecule has 6 heteroatoms. The van der Waals surface area contributed by atoms with Gasteiger partial charge in [-0.25, -0.2) is 9.97 Å². The molecule has 16 aromatic carbocycles. The van der Waals surface area contributed by atoms with Crippen LogP contribution in [0.2, 0.25) is 0 Å². The molecule has 21 aromatic rings. The van der Waals surface area contributed by atoms with Crippen LogP contribution in [-0.2, 0) is 0 Å². The molecule has 104 heavy (non-hydrogen) atoms. The fourth-order valence-corrected chi connectivity index (χ4v) is 16.5. The molecule has 0 N–H and O–H groups in total. The standard InChI is InChI=1S/C98H62N6/c1-5-24-63(25-6-1)71-53-72(64-26-7-2-8-27-64)55-73(54-71)65-28-23-29-70(52-65)97-83-38-13-18-39-88(83)99-98(100-97)74-56-77(103-91-42-21-16-36-81(91)86-60-68(46-50-95(86)103)66-44-48-93-84(58-66)79-34-14-19-40-89(79)101(93)75-30-9-3-10-31-75)62-78(57-74)104-92-43-22-17-37-82(92)87-61-69(47-51-96(87)104)67-45-49-94-85(59-67)80-35-15-20-41-90(80)102(94)76-32-11-4-12-33-76/h1-62H. The molecule has 0 amide bonds. The van der Waals surface area contributed by atoms with E-state index in [2.05, 4.69) is 394 Å². The number of rotatable bonds is 11. The molecule has 0 saturated carbocycles. The molecule has 0 radical (unpaired) electrons. The Labute approximate surface area is 599 Å². The highest BCUT2D eigenvalue weighted by Crippen LogP contribution is 2.44. The Kier molecular flexibility index (Phi) is 13.5. The van der Waals surface area contributed by atoms with Crippen LogP contribution in [0.15, 0.2) is 376 Å². The van der Waals surface area contributed by atoms with E-state index in [9.17, 15) is 0 Å². The van der Waals surface area contributed by atoms with Crippen molar-refractivity contribution >= 4 is 98.1 Å². The smallest absolute Gasteiger partial charge is 0.160 e. The zero-order chi connectivity index (χ0) is 68.3. The largest absolute Gasteiger partial charge is 0.309 e. The van der Waals surface area contributed by atoms with Gasteiger partial charge in [-0.05, 0) is 201 Å². The van der Waals surface area contributed by atoms with Gasteiger partial charge in [-0.3, -0.25) is 0 Å². The van der Waals surface area contributed by atoms with Crippen molar-refractivity contribution in [1.29, 1.82) is 0 Å². The summed E-state index contributed by atoms with van der Waals surface area (Å²) >= 11 is 0. The zero-order valence-corrected chi connectivity index (χ0v) is 56.5. The second-order valence-corrected chi connectivity index (χ2v) is 27.3. The Morgan fingerprint density at radius 1 is 0.154 bits per heavy atom. The van der Waals surface area contributed by atoms with Crippen molar-refractivity contribution in [2.24, 2.45) is 0 Å². The minimum absolute atomic E-state index is 0.628. The van der Waals surface area contributed by atoms with E-state index in [1.165, 1.54) is 76.3 Å². The van der Waals surface area contributed by atoms with Crippen LogP contribution in [-0.4, -0.2) is 28.2 Å². The van der Waals surface area contributed by atoms with Gasteiger partial charge in [-0.1, -0.05) is 231 Å². The molecule has 0 aliphatic carbocycles. The maximum absolute atomic E-state index is 5.78. The van der Waals surface area contributed by atoms with E-state index in [-0.39, 0.29) is 0 Å². The highest BCUT2D eigenvalue weighted by molar-refractivity contribution is 6.15. The summed E-state index contributed by atoms with van der Waals surface area (Å²) in [6.07, 6.45) is 0. The van der Waals surface area contributed by atoms with Crippen molar-refractivity contribution < 1.29 is 0 Å². The summed E-state index contributed by atoms with van der Waals surface area (Å²) in [5.41, 5.74) is 28.5. The van der Waals surface area contributed by atoms with Crippen molar-refractivity contribution in [3.63, 3.8) is 0 Å². The van der Waals surface area contributed by atoms with Gasteiger partial charge in [-0.15, -0.1) is 0 Å². The van der Waals surface area contributed by atoms with Crippen molar-refractivity contribution in [2.45, 2.75) is 0 Å². The predicted molar refractivity (Wildman–Crippen MR) is 435 cm³/mol. The molecule has 6 nitrogen and oxygen atoms in total. The van der Waals surface area contributed by atoms with Crippen LogP contribution in [0.3, 0.4) is 0 Å². The first-order chi connectivity index (χ1) is 51.5. The molecule has 0 bridgehead atoms. The van der Waals surface area contributed by atoms with E-state index in [1.54, 1.807) is 0 Å². The molecule has 0 aliphatic heterocycles. The molecule has 5 aromatic heterocycles. The molecular weight excluding hydrogens is 1260 g/mol. The van der Waals surface area contributed by atoms with Gasteiger partial charge in [0.2, 0.25) is 0 Å². The van der Waals surface area contributed by atoms with Gasteiger partial charge in [0.25, 0.3) is 0 Å². The SMILES string of the molecule is c1ccc(-c2cc(-c3ccccc3)cc(-c3cccc(-c4nc(-c5cc(-n6c7ccccc7c7cc(-c8ccc9c(c8)c8ccccc8n9-c8ccccc8)ccc76)cc(-n6c7ccccc7c7cc(-c8ccc9c(c8)c8ccccc8n9-c8ccccc8)ccc76)c5)nc5ccccc45)c3)c2)cc1. The lowest BCUT2D eigenvalue weighted by Crippen LogP contribution is -2.02. The van der Waals surface area contributed by atoms with Crippen molar-refractivity contribution in [2.75, 3.05) is 0 Å². The maximum Gasteiger partial charge on any atom is 0.160 e. The van der Waals surface area contributed by atoms with E-state index < -0.39 is 0 Å². The monoisotopic (exact) mass is 1320 g/mol. The highest BCUT2D eigenvalue weighted by atomic mass is 15.0. The van der Waals surface area contributed by atoms with Crippen molar-refractivity contribution in [1.82, 2.24) is 28.2 Å². The molecule has 0 unspecified atom stereocenters. The lowest BCUT2D eigenvalue weighted by molar-refractivity contribution is 1.13. The Balaban J connectivity index is 0.758. The van der Waals surface area contributed by atoms with E-state index in [0.717, 1.165) is 117 Å². The van der Waals surface area contributed by atoms with Gasteiger partial charge < -0.3 is 18.3 Å². The normalized spacial score (nSPS) is 11.8. The van der Waals surface area contributed by atoms with Gasteiger partial charge >= 0.3 is 0 Å². The first kappa shape index (κ1) is 59.0. The topological polar surface area (TPSA) is 45.5 Å². The lowest BCUT2D eigenvalue weighted by Gasteiger charge is -2.17. The molecule has 0 aliphatic rings. The van der Waals surface area contributed by atoms with Crippen molar-refractivity contribution in [3.05, 3.63) is 376 Å². The molecule has 5 heterocycles. The second-order valence-electron chi connectivity index (χ2n) is 27.3. The average molecular weight is 1320 g/mol. The minimum atomic E-state index is 0.628. The van der Waals surface area contributed by atoms with E-state index in [1.807, 2.05) is 0 Å².